The Morgan fingerprint density at radius 1 is 1.44 bits per heavy atom. The van der Waals surface area contributed by atoms with Crippen LogP contribution >= 0.6 is 0 Å². The summed E-state index contributed by atoms with van der Waals surface area (Å²) >= 11 is 0. The Morgan fingerprint density at radius 3 is 2.38 bits per heavy atom. The molecule has 0 aliphatic heterocycles. The van der Waals surface area contributed by atoms with Crippen LogP contribution in [0.5, 0.6) is 0 Å². The SMILES string of the molecule is C=CC(=O)OC(COC(=O)C(=C)C)N(C)C. The van der Waals surface area contributed by atoms with E-state index in [0.29, 0.717) is 5.57 Å². The van der Waals surface area contributed by atoms with Crippen LogP contribution in [0.2, 0.25) is 0 Å². The number of carbonyl (C=O) groups is 2. The molecule has 5 nitrogen and oxygen atoms in total. The van der Waals surface area contributed by atoms with Crippen molar-refractivity contribution in [2.24, 2.45) is 0 Å². The Kier molecular flexibility index (Phi) is 6.10. The first-order valence-corrected chi connectivity index (χ1v) is 4.70. The largest absolute Gasteiger partial charge is 0.457 e. The predicted octanol–water partition coefficient (Wildman–Crippen LogP) is 0.723. The Labute approximate surface area is 95.3 Å². The van der Waals surface area contributed by atoms with Crippen molar-refractivity contribution in [1.29, 1.82) is 0 Å². The number of esters is 2. The number of hydrogen-bond acceptors (Lipinski definition) is 5. The standard InChI is InChI=1S/C11H17NO4/c1-6-10(13)16-9(12(4)5)7-15-11(14)8(2)3/h6,9H,1-2,7H2,3-5H3. The van der Waals surface area contributed by atoms with Gasteiger partial charge >= 0.3 is 11.9 Å². The Morgan fingerprint density at radius 2 is 2.00 bits per heavy atom. The van der Waals surface area contributed by atoms with E-state index < -0.39 is 18.2 Å². The normalized spacial score (nSPS) is 11.8. The van der Waals surface area contributed by atoms with Crippen LogP contribution in [0.15, 0.2) is 24.8 Å². The average Bonchev–Trinajstić information content (AvgIpc) is 2.22. The van der Waals surface area contributed by atoms with Gasteiger partial charge in [0, 0.05) is 11.6 Å². The van der Waals surface area contributed by atoms with Crippen molar-refractivity contribution in [3.8, 4) is 0 Å². The monoisotopic (exact) mass is 227 g/mol. The highest BCUT2D eigenvalue weighted by Gasteiger charge is 2.17. The number of rotatable bonds is 6. The summed E-state index contributed by atoms with van der Waals surface area (Å²) in [6.07, 6.45) is 0.422. The summed E-state index contributed by atoms with van der Waals surface area (Å²) in [5.41, 5.74) is 0.299. The van der Waals surface area contributed by atoms with Gasteiger partial charge in [-0.25, -0.2) is 9.59 Å². The maximum atomic E-state index is 11.1. The fourth-order valence-corrected chi connectivity index (χ4v) is 0.741. The van der Waals surface area contributed by atoms with Crippen molar-refractivity contribution in [3.63, 3.8) is 0 Å². The highest BCUT2D eigenvalue weighted by molar-refractivity contribution is 5.87. The molecule has 0 amide bonds. The van der Waals surface area contributed by atoms with E-state index in [-0.39, 0.29) is 6.61 Å². The van der Waals surface area contributed by atoms with E-state index >= 15 is 0 Å². The number of carbonyl (C=O) groups excluding carboxylic acids is 2. The van der Waals surface area contributed by atoms with E-state index in [1.807, 2.05) is 0 Å². The first-order chi connectivity index (χ1) is 7.38. The molecule has 0 bridgehead atoms. The van der Waals surface area contributed by atoms with Gasteiger partial charge in [0.25, 0.3) is 0 Å². The van der Waals surface area contributed by atoms with Gasteiger partial charge in [0.05, 0.1) is 0 Å². The van der Waals surface area contributed by atoms with Crippen molar-refractivity contribution in [2.75, 3.05) is 20.7 Å². The van der Waals surface area contributed by atoms with Crippen molar-refractivity contribution in [1.82, 2.24) is 4.90 Å². The molecule has 0 aromatic rings. The third-order valence-corrected chi connectivity index (χ3v) is 1.70. The minimum absolute atomic E-state index is 0.0434. The van der Waals surface area contributed by atoms with Crippen molar-refractivity contribution in [2.45, 2.75) is 13.2 Å². The molecule has 16 heavy (non-hydrogen) atoms. The molecule has 0 saturated carbocycles. The minimum atomic E-state index is -0.631. The Balaban J connectivity index is 4.24. The summed E-state index contributed by atoms with van der Waals surface area (Å²) in [7, 11) is 3.41. The van der Waals surface area contributed by atoms with Crippen LogP contribution in [-0.2, 0) is 19.1 Å². The van der Waals surface area contributed by atoms with E-state index in [0.717, 1.165) is 6.08 Å². The van der Waals surface area contributed by atoms with Gasteiger partial charge < -0.3 is 9.47 Å². The zero-order valence-corrected chi connectivity index (χ0v) is 9.86. The smallest absolute Gasteiger partial charge is 0.333 e. The van der Waals surface area contributed by atoms with E-state index in [2.05, 4.69) is 13.2 Å². The second-order valence-corrected chi connectivity index (χ2v) is 3.44. The molecule has 0 saturated heterocycles. The molecule has 0 rings (SSSR count). The Bertz CT molecular complexity index is 296. The molecule has 5 heteroatoms. The van der Waals surface area contributed by atoms with Gasteiger partial charge in [0.2, 0.25) is 0 Å². The molecule has 0 aromatic carbocycles. The third-order valence-electron chi connectivity index (χ3n) is 1.70. The topological polar surface area (TPSA) is 55.8 Å². The molecular weight excluding hydrogens is 210 g/mol. The molecule has 0 aliphatic rings. The maximum absolute atomic E-state index is 11.1. The minimum Gasteiger partial charge on any atom is -0.457 e. The zero-order chi connectivity index (χ0) is 12.7. The molecule has 0 spiro atoms. The summed E-state index contributed by atoms with van der Waals surface area (Å²) in [4.78, 5) is 23.7. The first-order valence-electron chi connectivity index (χ1n) is 4.70. The average molecular weight is 227 g/mol. The summed E-state index contributed by atoms with van der Waals surface area (Å²) in [5, 5.41) is 0. The summed E-state index contributed by atoms with van der Waals surface area (Å²) in [6, 6.07) is 0. The fraction of sp³-hybridized carbons (Fsp3) is 0.455. The molecule has 0 heterocycles. The lowest BCUT2D eigenvalue weighted by atomic mass is 10.4. The molecule has 0 fully saturated rings. The van der Waals surface area contributed by atoms with Crippen LogP contribution in [0.1, 0.15) is 6.92 Å². The van der Waals surface area contributed by atoms with Crippen molar-refractivity contribution >= 4 is 11.9 Å². The lowest BCUT2D eigenvalue weighted by Gasteiger charge is -2.23. The van der Waals surface area contributed by atoms with E-state index in [9.17, 15) is 9.59 Å². The van der Waals surface area contributed by atoms with Crippen LogP contribution in [0.3, 0.4) is 0 Å². The van der Waals surface area contributed by atoms with Gasteiger partial charge in [-0.1, -0.05) is 13.2 Å². The second-order valence-electron chi connectivity index (χ2n) is 3.44. The van der Waals surface area contributed by atoms with Gasteiger partial charge in [-0.05, 0) is 21.0 Å². The summed E-state index contributed by atoms with van der Waals surface area (Å²) in [6.45, 7) is 8.23. The van der Waals surface area contributed by atoms with E-state index in [1.54, 1.807) is 25.9 Å². The van der Waals surface area contributed by atoms with Crippen LogP contribution < -0.4 is 0 Å². The maximum Gasteiger partial charge on any atom is 0.333 e. The number of ether oxygens (including phenoxy) is 2. The molecule has 90 valence electrons. The fourth-order valence-electron chi connectivity index (χ4n) is 0.741. The predicted molar refractivity (Wildman–Crippen MR) is 59.5 cm³/mol. The molecule has 0 aromatic heterocycles. The lowest BCUT2D eigenvalue weighted by molar-refractivity contribution is -0.162. The number of nitrogens with zero attached hydrogens (tertiary/aromatic N) is 1. The molecule has 1 atom stereocenters. The quantitative estimate of drug-likeness (QED) is 0.380. The number of hydrogen-bond donors (Lipinski definition) is 0. The van der Waals surface area contributed by atoms with E-state index in [1.165, 1.54) is 0 Å². The van der Waals surface area contributed by atoms with Gasteiger partial charge in [-0.3, -0.25) is 4.90 Å². The zero-order valence-electron chi connectivity index (χ0n) is 9.86. The van der Waals surface area contributed by atoms with Gasteiger partial charge in [-0.15, -0.1) is 0 Å². The van der Waals surface area contributed by atoms with Crippen LogP contribution in [0.4, 0.5) is 0 Å². The lowest BCUT2D eigenvalue weighted by Crippen LogP contribution is -2.37. The van der Waals surface area contributed by atoms with Gasteiger partial charge in [0.15, 0.2) is 6.23 Å². The van der Waals surface area contributed by atoms with Gasteiger partial charge in [0.1, 0.15) is 6.61 Å². The first kappa shape index (κ1) is 14.4. The molecule has 0 aliphatic carbocycles. The highest BCUT2D eigenvalue weighted by atomic mass is 16.6. The molecule has 1 unspecified atom stereocenters. The summed E-state index contributed by atoms with van der Waals surface area (Å²) < 4.78 is 9.83. The van der Waals surface area contributed by atoms with Crippen LogP contribution in [0.25, 0.3) is 0 Å². The van der Waals surface area contributed by atoms with E-state index in [4.69, 9.17) is 9.47 Å². The molecule has 0 radical (unpaired) electrons. The molecular formula is C11H17NO4. The highest BCUT2D eigenvalue weighted by Crippen LogP contribution is 2.01. The molecule has 0 N–H and O–H groups in total. The second kappa shape index (κ2) is 6.79. The van der Waals surface area contributed by atoms with Gasteiger partial charge in [-0.2, -0.15) is 0 Å². The van der Waals surface area contributed by atoms with Crippen molar-refractivity contribution in [3.05, 3.63) is 24.8 Å². The van der Waals surface area contributed by atoms with Crippen LogP contribution in [0, 0.1) is 0 Å². The third kappa shape index (κ3) is 5.31. The Hall–Kier alpha value is -1.62. The van der Waals surface area contributed by atoms with Crippen LogP contribution in [-0.4, -0.2) is 43.8 Å². The summed E-state index contributed by atoms with van der Waals surface area (Å²) in [5.74, 6) is -1.08. The number of likely N-dealkylation sites (N-methyl/N-ethyl adjacent to an activating group) is 1. The van der Waals surface area contributed by atoms with Crippen molar-refractivity contribution < 1.29 is 19.1 Å².